The van der Waals surface area contributed by atoms with Gasteiger partial charge in [-0.05, 0) is 35.9 Å². The summed E-state index contributed by atoms with van der Waals surface area (Å²) in [6.07, 6.45) is 4.80. The van der Waals surface area contributed by atoms with E-state index < -0.39 is 0 Å². The highest BCUT2D eigenvalue weighted by Crippen LogP contribution is 2.33. The van der Waals surface area contributed by atoms with Crippen LogP contribution in [-0.2, 0) is 11.3 Å². The quantitative estimate of drug-likeness (QED) is 0.777. The second-order valence-electron chi connectivity index (χ2n) is 7.34. The highest BCUT2D eigenvalue weighted by Gasteiger charge is 2.40. The van der Waals surface area contributed by atoms with Gasteiger partial charge in [-0.3, -0.25) is 9.58 Å². The number of rotatable bonds is 6. The Labute approximate surface area is 169 Å². The molecule has 0 saturated carbocycles. The minimum absolute atomic E-state index is 0.0493. The van der Waals surface area contributed by atoms with Gasteiger partial charge in [0, 0.05) is 49.0 Å². The molecule has 2 fully saturated rings. The van der Waals surface area contributed by atoms with Gasteiger partial charge in [0.2, 0.25) is 0 Å². The number of amides is 2. The fourth-order valence-corrected chi connectivity index (χ4v) is 5.36. The highest BCUT2D eigenvalue weighted by atomic mass is 32.2. The van der Waals surface area contributed by atoms with Gasteiger partial charge in [-0.15, -0.1) is 0 Å². The maximum absolute atomic E-state index is 12.5. The predicted octanol–water partition coefficient (Wildman–Crippen LogP) is 2.26. The standard InChI is InChI=1S/C20H27N5O2S/c26-19(21-15-20(5-12-28-16-20)24-8-10-27-11-9-24)23-18-4-1-3-17(13-18)14-25-7-2-6-22-25/h1-4,6-7,13H,5,8-12,14-16H2,(H2,21,23,26). The average Bonchev–Trinajstić information content (AvgIpc) is 3.40. The lowest BCUT2D eigenvalue weighted by molar-refractivity contribution is -0.0123. The van der Waals surface area contributed by atoms with Crippen molar-refractivity contribution in [3.05, 3.63) is 48.3 Å². The first-order valence-corrected chi connectivity index (χ1v) is 10.9. The van der Waals surface area contributed by atoms with Gasteiger partial charge >= 0.3 is 6.03 Å². The Balaban J connectivity index is 1.33. The molecule has 1 unspecified atom stereocenters. The number of hydrogen-bond acceptors (Lipinski definition) is 5. The third-order valence-electron chi connectivity index (χ3n) is 5.43. The monoisotopic (exact) mass is 401 g/mol. The molecule has 3 heterocycles. The van der Waals surface area contributed by atoms with E-state index in [1.165, 1.54) is 0 Å². The van der Waals surface area contributed by atoms with Crippen LogP contribution in [0.5, 0.6) is 0 Å². The Hall–Kier alpha value is -2.03. The largest absolute Gasteiger partial charge is 0.379 e. The maximum Gasteiger partial charge on any atom is 0.319 e. The van der Waals surface area contributed by atoms with Crippen LogP contribution in [-0.4, -0.2) is 70.6 Å². The number of nitrogens with zero attached hydrogens (tertiary/aromatic N) is 3. The van der Waals surface area contributed by atoms with Gasteiger partial charge in [0.05, 0.1) is 19.8 Å². The van der Waals surface area contributed by atoms with Gasteiger partial charge in [0.15, 0.2) is 0 Å². The summed E-state index contributed by atoms with van der Waals surface area (Å²) in [5.74, 6) is 2.21. The zero-order valence-corrected chi connectivity index (χ0v) is 16.8. The Bertz CT molecular complexity index is 771. The molecule has 0 bridgehead atoms. The summed E-state index contributed by atoms with van der Waals surface area (Å²) >= 11 is 1.97. The maximum atomic E-state index is 12.5. The van der Waals surface area contributed by atoms with Crippen molar-refractivity contribution in [2.75, 3.05) is 49.7 Å². The van der Waals surface area contributed by atoms with Crippen molar-refractivity contribution < 1.29 is 9.53 Å². The van der Waals surface area contributed by atoms with E-state index in [4.69, 9.17) is 4.74 Å². The van der Waals surface area contributed by atoms with Crippen molar-refractivity contribution in [1.82, 2.24) is 20.0 Å². The van der Waals surface area contributed by atoms with Gasteiger partial charge in [-0.2, -0.15) is 16.9 Å². The molecule has 4 rings (SSSR count). The molecule has 2 aromatic rings. The fraction of sp³-hybridized carbons (Fsp3) is 0.500. The Morgan fingerprint density at radius 3 is 2.93 bits per heavy atom. The summed E-state index contributed by atoms with van der Waals surface area (Å²) in [6, 6.07) is 9.65. The summed E-state index contributed by atoms with van der Waals surface area (Å²) in [6.45, 7) is 4.79. The van der Waals surface area contributed by atoms with Gasteiger partial charge in [0.25, 0.3) is 0 Å². The molecule has 28 heavy (non-hydrogen) atoms. The average molecular weight is 402 g/mol. The summed E-state index contributed by atoms with van der Waals surface area (Å²) < 4.78 is 7.37. The van der Waals surface area contributed by atoms with Crippen LogP contribution in [0, 0.1) is 0 Å². The lowest BCUT2D eigenvalue weighted by Gasteiger charge is -2.43. The van der Waals surface area contributed by atoms with Crippen molar-refractivity contribution in [3.63, 3.8) is 0 Å². The minimum Gasteiger partial charge on any atom is -0.379 e. The van der Waals surface area contributed by atoms with Gasteiger partial charge < -0.3 is 15.4 Å². The van der Waals surface area contributed by atoms with E-state index >= 15 is 0 Å². The fourth-order valence-electron chi connectivity index (χ4n) is 3.88. The molecule has 1 atom stereocenters. The lowest BCUT2D eigenvalue weighted by atomic mass is 9.95. The molecule has 0 radical (unpaired) electrons. The van der Waals surface area contributed by atoms with Crippen LogP contribution in [0.3, 0.4) is 0 Å². The molecule has 2 saturated heterocycles. The van der Waals surface area contributed by atoms with E-state index in [0.717, 1.165) is 55.5 Å². The van der Waals surface area contributed by atoms with Crippen molar-refractivity contribution in [3.8, 4) is 0 Å². The molecule has 7 nitrogen and oxygen atoms in total. The van der Waals surface area contributed by atoms with Gasteiger partial charge in [0.1, 0.15) is 0 Å². The summed E-state index contributed by atoms with van der Waals surface area (Å²) in [5.41, 5.74) is 1.94. The normalized spacial score (nSPS) is 22.9. The van der Waals surface area contributed by atoms with E-state index in [0.29, 0.717) is 13.1 Å². The van der Waals surface area contributed by atoms with Gasteiger partial charge in [-0.25, -0.2) is 4.79 Å². The summed E-state index contributed by atoms with van der Waals surface area (Å²) in [5, 5.41) is 10.3. The molecule has 2 aliphatic heterocycles. The summed E-state index contributed by atoms with van der Waals surface area (Å²) in [4.78, 5) is 15.0. The Morgan fingerprint density at radius 1 is 1.29 bits per heavy atom. The molecule has 1 aromatic heterocycles. The van der Waals surface area contributed by atoms with E-state index in [9.17, 15) is 4.79 Å². The molecule has 150 valence electrons. The number of nitrogens with one attached hydrogen (secondary N) is 2. The second kappa shape index (κ2) is 8.98. The number of morpholine rings is 1. The molecule has 2 aliphatic rings. The van der Waals surface area contributed by atoms with Crippen LogP contribution in [0.1, 0.15) is 12.0 Å². The molecule has 0 aliphatic carbocycles. The van der Waals surface area contributed by atoms with E-state index in [-0.39, 0.29) is 11.6 Å². The smallest absolute Gasteiger partial charge is 0.319 e. The number of aromatic nitrogens is 2. The lowest BCUT2D eigenvalue weighted by Crippen LogP contribution is -2.59. The number of thioether (sulfide) groups is 1. The minimum atomic E-state index is -0.152. The zero-order valence-electron chi connectivity index (χ0n) is 16.0. The van der Waals surface area contributed by atoms with Crippen LogP contribution in [0.25, 0.3) is 0 Å². The molecular weight excluding hydrogens is 374 g/mol. The van der Waals surface area contributed by atoms with E-state index in [2.05, 4.69) is 20.6 Å². The third kappa shape index (κ3) is 4.68. The van der Waals surface area contributed by atoms with Crippen LogP contribution in [0.15, 0.2) is 42.7 Å². The Morgan fingerprint density at radius 2 is 2.18 bits per heavy atom. The molecule has 2 amide bonds. The number of anilines is 1. The number of urea groups is 1. The number of ether oxygens (including phenoxy) is 1. The third-order valence-corrected chi connectivity index (χ3v) is 6.67. The molecular formula is C20H27N5O2S. The van der Waals surface area contributed by atoms with E-state index in [1.54, 1.807) is 6.20 Å². The van der Waals surface area contributed by atoms with Crippen LogP contribution < -0.4 is 10.6 Å². The van der Waals surface area contributed by atoms with Crippen molar-refractivity contribution in [2.24, 2.45) is 0 Å². The van der Waals surface area contributed by atoms with Crippen molar-refractivity contribution >= 4 is 23.5 Å². The molecule has 1 aromatic carbocycles. The zero-order chi connectivity index (χ0) is 19.2. The van der Waals surface area contributed by atoms with Crippen LogP contribution >= 0.6 is 11.8 Å². The predicted molar refractivity (Wildman–Crippen MR) is 112 cm³/mol. The number of carbonyl (C=O) groups excluding carboxylic acids is 1. The van der Waals surface area contributed by atoms with Gasteiger partial charge in [-0.1, -0.05) is 12.1 Å². The molecule has 2 N–H and O–H groups in total. The first-order valence-electron chi connectivity index (χ1n) is 9.75. The topological polar surface area (TPSA) is 71.4 Å². The number of carbonyl (C=O) groups is 1. The number of benzene rings is 1. The number of hydrogen-bond donors (Lipinski definition) is 2. The van der Waals surface area contributed by atoms with Crippen LogP contribution in [0.4, 0.5) is 10.5 Å². The highest BCUT2D eigenvalue weighted by molar-refractivity contribution is 7.99. The molecule has 8 heteroatoms. The summed E-state index contributed by atoms with van der Waals surface area (Å²) in [7, 11) is 0. The SMILES string of the molecule is O=C(NCC1(N2CCOCC2)CCSC1)Nc1cccc(Cn2cccn2)c1. The van der Waals surface area contributed by atoms with Crippen LogP contribution in [0.2, 0.25) is 0 Å². The first-order chi connectivity index (χ1) is 13.7. The second-order valence-corrected chi connectivity index (χ2v) is 8.44. The molecule has 0 spiro atoms. The van der Waals surface area contributed by atoms with Crippen molar-refractivity contribution in [1.29, 1.82) is 0 Å². The van der Waals surface area contributed by atoms with Crippen molar-refractivity contribution in [2.45, 2.75) is 18.5 Å². The van der Waals surface area contributed by atoms with E-state index in [1.807, 2.05) is 53.0 Å². The Kier molecular flexibility index (Phi) is 6.19. The first kappa shape index (κ1) is 19.3.